The number of imidazole rings is 1. The van der Waals surface area contributed by atoms with Crippen LogP contribution < -0.4 is 11.1 Å². The van der Waals surface area contributed by atoms with Crippen molar-refractivity contribution in [3.63, 3.8) is 0 Å². The first kappa shape index (κ1) is 11.2. The van der Waals surface area contributed by atoms with Crippen LogP contribution in [0.3, 0.4) is 0 Å². The van der Waals surface area contributed by atoms with Crippen LogP contribution in [0, 0.1) is 0 Å². The number of nitrogens with two attached hydrogens (primary N) is 1. The zero-order chi connectivity index (χ0) is 12.8. The number of para-hydroxylation sites is 1. The first-order chi connectivity index (χ1) is 8.62. The molecular formula is C13H16N4O. The molecule has 1 fully saturated rings. The minimum absolute atomic E-state index is 0.120. The molecule has 1 aliphatic heterocycles. The highest BCUT2D eigenvalue weighted by atomic mass is 16.1. The van der Waals surface area contributed by atoms with Gasteiger partial charge in [0.05, 0.1) is 23.1 Å². The molecule has 0 aliphatic carbocycles. The Morgan fingerprint density at radius 2 is 2.39 bits per heavy atom. The van der Waals surface area contributed by atoms with Gasteiger partial charge in [0, 0.05) is 0 Å². The fourth-order valence-electron chi connectivity index (χ4n) is 2.72. The number of hydrogen-bond donors (Lipinski definition) is 2. The maximum atomic E-state index is 11.4. The van der Waals surface area contributed by atoms with Crippen molar-refractivity contribution < 1.29 is 4.79 Å². The quantitative estimate of drug-likeness (QED) is 0.833. The topological polar surface area (TPSA) is 72.9 Å². The van der Waals surface area contributed by atoms with E-state index in [0.29, 0.717) is 11.1 Å². The molecule has 0 radical (unpaired) electrons. The Labute approximate surface area is 105 Å². The summed E-state index contributed by atoms with van der Waals surface area (Å²) >= 11 is 0. The van der Waals surface area contributed by atoms with E-state index in [-0.39, 0.29) is 5.66 Å². The molecule has 0 saturated carbocycles. The van der Waals surface area contributed by atoms with Gasteiger partial charge in [0.1, 0.15) is 5.52 Å². The van der Waals surface area contributed by atoms with E-state index in [0.717, 1.165) is 24.9 Å². The van der Waals surface area contributed by atoms with Crippen molar-refractivity contribution in [3.8, 4) is 0 Å². The van der Waals surface area contributed by atoms with E-state index in [1.165, 1.54) is 0 Å². The van der Waals surface area contributed by atoms with Crippen LogP contribution in [-0.4, -0.2) is 22.0 Å². The first-order valence-corrected chi connectivity index (χ1v) is 6.13. The summed E-state index contributed by atoms with van der Waals surface area (Å²) < 4.78 is 2.10. The summed E-state index contributed by atoms with van der Waals surface area (Å²) in [5, 5.41) is 3.48. The number of aromatic nitrogens is 2. The van der Waals surface area contributed by atoms with Gasteiger partial charge in [0.25, 0.3) is 5.91 Å². The third-order valence-corrected chi connectivity index (χ3v) is 3.72. The standard InChI is InChI=1S/C13H16N4O/c1-13(6-3-7-16-13)17-8-15-11-9(12(14)18)4-2-5-10(11)17/h2,4-5,8,16H,3,6-7H2,1H3,(H2,14,18)/t13-/m0/s1. The van der Waals surface area contributed by atoms with Crippen molar-refractivity contribution in [1.82, 2.24) is 14.9 Å². The van der Waals surface area contributed by atoms with Crippen LogP contribution in [0.25, 0.3) is 11.0 Å². The highest BCUT2D eigenvalue weighted by molar-refractivity contribution is 6.04. The van der Waals surface area contributed by atoms with Crippen molar-refractivity contribution in [2.24, 2.45) is 5.73 Å². The number of primary amides is 1. The van der Waals surface area contributed by atoms with Gasteiger partial charge >= 0.3 is 0 Å². The normalized spacial score (nSPS) is 23.6. The number of rotatable bonds is 2. The Balaban J connectivity index is 2.21. The third-order valence-electron chi connectivity index (χ3n) is 3.72. The Kier molecular flexibility index (Phi) is 2.38. The van der Waals surface area contributed by atoms with Crippen LogP contribution in [0.15, 0.2) is 24.5 Å². The van der Waals surface area contributed by atoms with Crippen molar-refractivity contribution >= 4 is 16.9 Å². The molecule has 3 rings (SSSR count). The minimum atomic E-state index is -0.435. The largest absolute Gasteiger partial charge is 0.366 e. The average molecular weight is 244 g/mol. The summed E-state index contributed by atoms with van der Waals surface area (Å²) in [7, 11) is 0. The van der Waals surface area contributed by atoms with Crippen molar-refractivity contribution in [2.75, 3.05) is 6.54 Å². The van der Waals surface area contributed by atoms with Crippen LogP contribution in [0.1, 0.15) is 30.1 Å². The zero-order valence-electron chi connectivity index (χ0n) is 10.3. The zero-order valence-corrected chi connectivity index (χ0v) is 10.3. The molecule has 5 heteroatoms. The molecule has 1 aromatic heterocycles. The molecule has 0 bridgehead atoms. The van der Waals surface area contributed by atoms with E-state index in [1.54, 1.807) is 12.4 Å². The first-order valence-electron chi connectivity index (χ1n) is 6.13. The molecule has 2 heterocycles. The van der Waals surface area contributed by atoms with Gasteiger partial charge < -0.3 is 10.3 Å². The lowest BCUT2D eigenvalue weighted by atomic mass is 10.1. The van der Waals surface area contributed by atoms with Gasteiger partial charge in [0.2, 0.25) is 0 Å². The lowest BCUT2D eigenvalue weighted by molar-refractivity contribution is 0.100. The number of carbonyl (C=O) groups is 1. The smallest absolute Gasteiger partial charge is 0.250 e. The van der Waals surface area contributed by atoms with Gasteiger partial charge in [-0.05, 0) is 38.4 Å². The SMILES string of the molecule is C[C@]1(n2cnc3c(C(N)=O)cccc32)CCCN1. The molecule has 0 spiro atoms. The number of amides is 1. The summed E-state index contributed by atoms with van der Waals surface area (Å²) in [4.78, 5) is 15.7. The second-order valence-corrected chi connectivity index (χ2v) is 4.96. The molecule has 3 N–H and O–H groups in total. The summed E-state index contributed by atoms with van der Waals surface area (Å²) in [6.45, 7) is 3.16. The van der Waals surface area contributed by atoms with Crippen molar-refractivity contribution in [2.45, 2.75) is 25.4 Å². The predicted octanol–water partition coefficient (Wildman–Crippen LogP) is 1.19. The molecule has 18 heavy (non-hydrogen) atoms. The summed E-state index contributed by atoms with van der Waals surface area (Å²) in [5.74, 6) is -0.435. The fraction of sp³-hybridized carbons (Fsp3) is 0.385. The summed E-state index contributed by atoms with van der Waals surface area (Å²) in [6.07, 6.45) is 3.99. The lowest BCUT2D eigenvalue weighted by Crippen LogP contribution is -2.39. The van der Waals surface area contributed by atoms with Gasteiger partial charge in [-0.25, -0.2) is 4.98 Å². The molecule has 1 aromatic carbocycles. The molecular weight excluding hydrogens is 228 g/mol. The third kappa shape index (κ3) is 1.51. The maximum Gasteiger partial charge on any atom is 0.250 e. The second-order valence-electron chi connectivity index (χ2n) is 4.96. The Bertz CT molecular complexity index is 610. The number of fused-ring (bicyclic) bond motifs is 1. The van der Waals surface area contributed by atoms with Crippen molar-refractivity contribution in [1.29, 1.82) is 0 Å². The second kappa shape index (κ2) is 3.81. The molecule has 1 saturated heterocycles. The monoisotopic (exact) mass is 244 g/mol. The molecule has 1 amide bonds. The molecule has 2 aromatic rings. The van der Waals surface area contributed by atoms with E-state index in [2.05, 4.69) is 21.8 Å². The molecule has 1 aliphatic rings. The van der Waals surface area contributed by atoms with E-state index in [4.69, 9.17) is 5.73 Å². The van der Waals surface area contributed by atoms with Crippen LogP contribution >= 0.6 is 0 Å². The Hall–Kier alpha value is -1.88. The lowest BCUT2D eigenvalue weighted by Gasteiger charge is -2.27. The Morgan fingerprint density at radius 3 is 3.06 bits per heavy atom. The molecule has 94 valence electrons. The van der Waals surface area contributed by atoms with Crippen LogP contribution in [0.2, 0.25) is 0 Å². The fourth-order valence-corrected chi connectivity index (χ4v) is 2.72. The van der Waals surface area contributed by atoms with Gasteiger partial charge in [-0.1, -0.05) is 6.07 Å². The van der Waals surface area contributed by atoms with Crippen molar-refractivity contribution in [3.05, 3.63) is 30.1 Å². The predicted molar refractivity (Wildman–Crippen MR) is 69.1 cm³/mol. The number of carbonyl (C=O) groups excluding carboxylic acids is 1. The number of nitrogens with one attached hydrogen (secondary N) is 1. The highest BCUT2D eigenvalue weighted by Gasteiger charge is 2.31. The summed E-state index contributed by atoms with van der Waals surface area (Å²) in [5.41, 5.74) is 7.36. The number of nitrogens with zero attached hydrogens (tertiary/aromatic N) is 2. The molecule has 0 unspecified atom stereocenters. The van der Waals surface area contributed by atoms with E-state index in [9.17, 15) is 4.79 Å². The maximum absolute atomic E-state index is 11.4. The highest BCUT2D eigenvalue weighted by Crippen LogP contribution is 2.29. The Morgan fingerprint density at radius 1 is 1.56 bits per heavy atom. The van der Waals surface area contributed by atoms with E-state index < -0.39 is 5.91 Å². The number of benzene rings is 1. The number of hydrogen-bond acceptors (Lipinski definition) is 3. The van der Waals surface area contributed by atoms with Crippen LogP contribution in [-0.2, 0) is 5.66 Å². The van der Waals surface area contributed by atoms with Crippen LogP contribution in [0.4, 0.5) is 0 Å². The van der Waals surface area contributed by atoms with Crippen LogP contribution in [0.5, 0.6) is 0 Å². The van der Waals surface area contributed by atoms with E-state index >= 15 is 0 Å². The van der Waals surface area contributed by atoms with Gasteiger partial charge in [-0.3, -0.25) is 10.1 Å². The average Bonchev–Trinajstić information content (AvgIpc) is 2.94. The van der Waals surface area contributed by atoms with Gasteiger partial charge in [0.15, 0.2) is 0 Å². The van der Waals surface area contributed by atoms with Gasteiger partial charge in [-0.2, -0.15) is 0 Å². The van der Waals surface area contributed by atoms with E-state index in [1.807, 2.05) is 12.1 Å². The molecule has 1 atom stereocenters. The molecule has 5 nitrogen and oxygen atoms in total. The van der Waals surface area contributed by atoms with Gasteiger partial charge in [-0.15, -0.1) is 0 Å². The summed E-state index contributed by atoms with van der Waals surface area (Å²) in [6, 6.07) is 5.53. The minimum Gasteiger partial charge on any atom is -0.366 e.